The second-order valence-electron chi connectivity index (χ2n) is 8.40. The van der Waals surface area contributed by atoms with Crippen molar-refractivity contribution in [3.63, 3.8) is 0 Å². The van der Waals surface area contributed by atoms with Crippen LogP contribution >= 0.6 is 12.6 Å². The maximum atomic E-state index is 4.86. The molecule has 0 radical (unpaired) electrons. The van der Waals surface area contributed by atoms with Gasteiger partial charge in [0.05, 0.1) is 11.6 Å². The molecule has 0 bridgehead atoms. The van der Waals surface area contributed by atoms with Gasteiger partial charge in [0.15, 0.2) is 0 Å². The summed E-state index contributed by atoms with van der Waals surface area (Å²) in [6.45, 7) is 2.00. The molecule has 2 unspecified atom stereocenters. The van der Waals surface area contributed by atoms with E-state index in [1.54, 1.807) is 4.68 Å². The Morgan fingerprint density at radius 3 is 2.34 bits per heavy atom. The molecule has 0 aliphatic heterocycles. The molecule has 0 fully saturated rings. The van der Waals surface area contributed by atoms with Crippen molar-refractivity contribution in [2.45, 2.75) is 44.3 Å². The standard InChI is InChI=1S/C24H22N6S.Pt/c1-15-3-2-4-22(26-15)29-12-18-20(27-29)7-5-17-6-8-21-19(24(17)18)13-30(28-21)23-11-16(14-31)9-10-25-23;/h2-4,9-11,17,24,31H,5-8,14H2,1H3;/q-2;+2. The molecule has 0 spiro atoms. The third-order valence-corrected chi connectivity index (χ3v) is 6.78. The molecule has 4 aromatic heterocycles. The summed E-state index contributed by atoms with van der Waals surface area (Å²) in [4.78, 5) is 9.13. The van der Waals surface area contributed by atoms with Crippen molar-refractivity contribution in [3.05, 3.63) is 82.7 Å². The first-order valence-corrected chi connectivity index (χ1v) is 11.4. The molecule has 164 valence electrons. The average Bonchev–Trinajstić information content (AvgIpc) is 3.43. The van der Waals surface area contributed by atoms with Gasteiger partial charge in [-0.15, -0.1) is 11.1 Å². The Labute approximate surface area is 207 Å². The minimum absolute atomic E-state index is 0. The molecule has 0 amide bonds. The van der Waals surface area contributed by atoms with E-state index in [1.165, 1.54) is 11.1 Å². The molecule has 4 aromatic rings. The van der Waals surface area contributed by atoms with Crippen LogP contribution in [0.4, 0.5) is 0 Å². The van der Waals surface area contributed by atoms with Gasteiger partial charge >= 0.3 is 21.1 Å². The van der Waals surface area contributed by atoms with E-state index in [0.29, 0.717) is 11.7 Å². The topological polar surface area (TPSA) is 61.4 Å². The Morgan fingerprint density at radius 2 is 1.69 bits per heavy atom. The van der Waals surface area contributed by atoms with Crippen LogP contribution in [-0.4, -0.2) is 29.5 Å². The van der Waals surface area contributed by atoms with Gasteiger partial charge in [-0.05, 0) is 47.8 Å². The van der Waals surface area contributed by atoms with Gasteiger partial charge in [0.2, 0.25) is 0 Å². The molecule has 0 N–H and O–H groups in total. The second kappa shape index (κ2) is 8.60. The van der Waals surface area contributed by atoms with Crippen LogP contribution in [0.25, 0.3) is 11.6 Å². The Hall–Kier alpha value is -2.24. The van der Waals surface area contributed by atoms with Crippen LogP contribution in [0.2, 0.25) is 0 Å². The minimum atomic E-state index is 0. The normalized spacial score (nSPS) is 18.9. The predicted octanol–water partition coefficient (Wildman–Crippen LogP) is 3.82. The Morgan fingerprint density at radius 1 is 1.00 bits per heavy atom. The van der Waals surface area contributed by atoms with Gasteiger partial charge in [-0.25, -0.2) is 0 Å². The SMILES string of the molecule is Cc1cccc(-n2[c-]c3c(n2)CCC2CCc4nn(-c5cc(CS)ccn5)[c-]c4C32)n1.[Pt+2]. The number of hydrogen-bond donors (Lipinski definition) is 1. The van der Waals surface area contributed by atoms with Crippen molar-refractivity contribution >= 4 is 12.6 Å². The quantitative estimate of drug-likeness (QED) is 0.279. The van der Waals surface area contributed by atoms with Crippen LogP contribution in [0.5, 0.6) is 0 Å². The summed E-state index contributed by atoms with van der Waals surface area (Å²) in [7, 11) is 0. The third kappa shape index (κ3) is 3.65. The predicted molar refractivity (Wildman–Crippen MR) is 120 cm³/mol. The summed E-state index contributed by atoms with van der Waals surface area (Å²) in [6.07, 6.45) is 13.1. The molecule has 0 saturated heterocycles. The summed E-state index contributed by atoms with van der Waals surface area (Å²) >= 11 is 4.39. The van der Waals surface area contributed by atoms with Crippen molar-refractivity contribution in [3.8, 4) is 11.6 Å². The maximum Gasteiger partial charge on any atom is 2.00 e. The molecule has 0 saturated carbocycles. The summed E-state index contributed by atoms with van der Waals surface area (Å²) in [5, 5.41) is 9.71. The minimum Gasteiger partial charge on any atom is -0.343 e. The monoisotopic (exact) mass is 621 g/mol. The van der Waals surface area contributed by atoms with Crippen LogP contribution in [0.15, 0.2) is 36.5 Å². The number of rotatable bonds is 3. The summed E-state index contributed by atoms with van der Waals surface area (Å²) < 4.78 is 3.62. The van der Waals surface area contributed by atoms with Gasteiger partial charge in [0.25, 0.3) is 0 Å². The van der Waals surface area contributed by atoms with Crippen molar-refractivity contribution in [2.75, 3.05) is 0 Å². The smallest absolute Gasteiger partial charge is 0.343 e. The largest absolute Gasteiger partial charge is 2.00 e. The molecule has 8 heteroatoms. The number of aryl methyl sites for hydroxylation is 3. The van der Waals surface area contributed by atoms with Gasteiger partial charge in [-0.2, -0.15) is 12.6 Å². The first-order chi connectivity index (χ1) is 15.2. The first kappa shape index (κ1) is 21.6. The van der Waals surface area contributed by atoms with Crippen LogP contribution in [0.3, 0.4) is 0 Å². The zero-order chi connectivity index (χ0) is 20.9. The van der Waals surface area contributed by atoms with Gasteiger partial charge < -0.3 is 14.3 Å². The van der Waals surface area contributed by atoms with Crippen LogP contribution < -0.4 is 0 Å². The number of pyridine rings is 2. The maximum absolute atomic E-state index is 4.86. The van der Waals surface area contributed by atoms with Crippen LogP contribution in [0, 0.1) is 25.2 Å². The molecule has 2 aliphatic carbocycles. The molecule has 2 atom stereocenters. The van der Waals surface area contributed by atoms with E-state index < -0.39 is 0 Å². The third-order valence-electron chi connectivity index (χ3n) is 6.41. The number of thiol groups is 1. The number of hydrogen-bond acceptors (Lipinski definition) is 5. The summed E-state index contributed by atoms with van der Waals surface area (Å²) in [6, 6.07) is 10.00. The van der Waals surface area contributed by atoms with E-state index >= 15 is 0 Å². The molecule has 6 rings (SSSR count). The number of nitrogens with zero attached hydrogens (tertiary/aromatic N) is 6. The Balaban J connectivity index is 0.00000216. The zero-order valence-corrected chi connectivity index (χ0v) is 20.8. The average molecular weight is 622 g/mol. The molecule has 2 aliphatic rings. The van der Waals surface area contributed by atoms with E-state index in [0.717, 1.165) is 60.0 Å². The molecular formula is C24H22N6PtS. The fraction of sp³-hybridized carbons (Fsp3) is 0.333. The van der Waals surface area contributed by atoms with Gasteiger partial charge in [-0.1, -0.05) is 56.3 Å². The van der Waals surface area contributed by atoms with E-state index in [1.807, 2.05) is 48.1 Å². The molecule has 32 heavy (non-hydrogen) atoms. The second-order valence-corrected chi connectivity index (χ2v) is 8.72. The van der Waals surface area contributed by atoms with Crippen molar-refractivity contribution < 1.29 is 21.1 Å². The Bertz CT molecular complexity index is 1280. The zero-order valence-electron chi connectivity index (χ0n) is 17.6. The fourth-order valence-electron chi connectivity index (χ4n) is 4.90. The van der Waals surface area contributed by atoms with E-state index in [9.17, 15) is 0 Å². The van der Waals surface area contributed by atoms with Crippen LogP contribution in [-0.2, 0) is 39.7 Å². The molecule has 0 aromatic carbocycles. The first-order valence-electron chi connectivity index (χ1n) is 10.7. The number of fused-ring (bicyclic) bond motifs is 5. The molecular weight excluding hydrogens is 599 g/mol. The fourth-order valence-corrected chi connectivity index (χ4v) is 5.10. The van der Waals surface area contributed by atoms with Crippen molar-refractivity contribution in [2.24, 2.45) is 5.92 Å². The van der Waals surface area contributed by atoms with Crippen molar-refractivity contribution in [1.82, 2.24) is 29.5 Å². The summed E-state index contributed by atoms with van der Waals surface area (Å²) in [5.41, 5.74) is 6.67. The van der Waals surface area contributed by atoms with Crippen LogP contribution in [0.1, 0.15) is 52.5 Å². The van der Waals surface area contributed by atoms with Crippen molar-refractivity contribution in [1.29, 1.82) is 0 Å². The van der Waals surface area contributed by atoms with E-state index in [2.05, 4.69) is 35.0 Å². The van der Waals surface area contributed by atoms with Gasteiger partial charge in [0, 0.05) is 17.6 Å². The molecule has 6 nitrogen and oxygen atoms in total. The number of aromatic nitrogens is 6. The van der Waals surface area contributed by atoms with Gasteiger partial charge in [0.1, 0.15) is 0 Å². The van der Waals surface area contributed by atoms with E-state index in [-0.39, 0.29) is 27.0 Å². The Kier molecular flexibility index (Phi) is 5.80. The van der Waals surface area contributed by atoms with Gasteiger partial charge in [-0.3, -0.25) is 15.2 Å². The molecule has 4 heterocycles. The van der Waals surface area contributed by atoms with E-state index in [4.69, 9.17) is 10.2 Å². The summed E-state index contributed by atoms with van der Waals surface area (Å²) in [5.74, 6) is 3.08.